The van der Waals surface area contributed by atoms with Crippen LogP contribution in [0.25, 0.3) is 0 Å². The number of carbonyl (C=O) groups is 3. The number of hydrogen-bond donors (Lipinski definition) is 2. The molecule has 3 aromatic carbocycles. The summed E-state index contributed by atoms with van der Waals surface area (Å²) in [4.78, 5) is 39.4. The number of aryl methyl sites for hydroxylation is 1. The van der Waals surface area contributed by atoms with E-state index < -0.39 is 0 Å². The van der Waals surface area contributed by atoms with Gasteiger partial charge in [0.2, 0.25) is 5.91 Å². The molecule has 1 heterocycles. The van der Waals surface area contributed by atoms with Gasteiger partial charge in [-0.05, 0) is 85.3 Å². The van der Waals surface area contributed by atoms with E-state index in [0.29, 0.717) is 28.4 Å². The summed E-state index contributed by atoms with van der Waals surface area (Å²) < 4.78 is 0. The van der Waals surface area contributed by atoms with Gasteiger partial charge in [-0.1, -0.05) is 29.8 Å². The fourth-order valence-electron chi connectivity index (χ4n) is 4.41. The topological polar surface area (TPSA) is 92.5 Å². The predicted molar refractivity (Wildman–Crippen MR) is 134 cm³/mol. The molecule has 1 atom stereocenters. The second-order valence-corrected chi connectivity index (χ2v) is 8.95. The van der Waals surface area contributed by atoms with Crippen molar-refractivity contribution < 1.29 is 14.4 Å². The first-order valence-corrected chi connectivity index (χ1v) is 11.6. The van der Waals surface area contributed by atoms with E-state index in [4.69, 9.17) is 17.3 Å². The molecule has 0 aromatic heterocycles. The highest BCUT2D eigenvalue weighted by molar-refractivity contribution is 6.30. The van der Waals surface area contributed by atoms with E-state index in [1.807, 2.05) is 37.3 Å². The monoisotopic (exact) mass is 475 g/mol. The van der Waals surface area contributed by atoms with Crippen molar-refractivity contribution in [3.63, 3.8) is 0 Å². The highest BCUT2D eigenvalue weighted by atomic mass is 35.5. The van der Waals surface area contributed by atoms with Crippen LogP contribution in [0.2, 0.25) is 5.02 Å². The Morgan fingerprint density at radius 1 is 1.06 bits per heavy atom. The Balaban J connectivity index is 1.56. The third-order valence-electron chi connectivity index (χ3n) is 6.13. The van der Waals surface area contributed by atoms with Gasteiger partial charge in [0.1, 0.15) is 0 Å². The molecule has 3 amide bonds. The van der Waals surface area contributed by atoms with Crippen molar-refractivity contribution in [1.82, 2.24) is 0 Å². The van der Waals surface area contributed by atoms with Crippen LogP contribution in [0.5, 0.6) is 0 Å². The van der Waals surface area contributed by atoms with E-state index in [9.17, 15) is 14.4 Å². The molecule has 3 N–H and O–H groups in total. The molecule has 6 nitrogen and oxygen atoms in total. The Bertz CT molecular complexity index is 1240. The van der Waals surface area contributed by atoms with E-state index in [0.717, 1.165) is 29.7 Å². The molecule has 34 heavy (non-hydrogen) atoms. The summed E-state index contributed by atoms with van der Waals surface area (Å²) in [5, 5.41) is 3.43. The maximum atomic E-state index is 13.4. The van der Waals surface area contributed by atoms with Gasteiger partial charge in [0.05, 0.1) is 0 Å². The van der Waals surface area contributed by atoms with E-state index in [-0.39, 0.29) is 30.1 Å². The molecule has 1 aliphatic heterocycles. The van der Waals surface area contributed by atoms with Gasteiger partial charge in [-0.25, -0.2) is 0 Å². The predicted octanol–water partition coefficient (Wildman–Crippen LogP) is 5.30. The van der Waals surface area contributed by atoms with Gasteiger partial charge < -0.3 is 16.0 Å². The molecule has 7 heteroatoms. The summed E-state index contributed by atoms with van der Waals surface area (Å²) in [5.41, 5.74) is 9.68. The lowest BCUT2D eigenvalue weighted by atomic mass is 9.91. The minimum absolute atomic E-state index is 0.0805. The Morgan fingerprint density at radius 3 is 2.50 bits per heavy atom. The van der Waals surface area contributed by atoms with Crippen LogP contribution in [0.3, 0.4) is 0 Å². The summed E-state index contributed by atoms with van der Waals surface area (Å²) >= 11 is 6.23. The molecule has 0 radical (unpaired) electrons. The number of hydrogen-bond acceptors (Lipinski definition) is 3. The van der Waals surface area contributed by atoms with Crippen LogP contribution in [0.4, 0.5) is 11.4 Å². The molecule has 0 saturated carbocycles. The largest absolute Gasteiger partial charge is 0.370 e. The average Bonchev–Trinajstić information content (AvgIpc) is 2.98. The van der Waals surface area contributed by atoms with Gasteiger partial charge in [0, 0.05) is 40.5 Å². The van der Waals surface area contributed by atoms with Crippen LogP contribution in [0, 0.1) is 6.92 Å². The first kappa shape index (κ1) is 23.5. The number of nitrogens with two attached hydrogens (primary N) is 1. The van der Waals surface area contributed by atoms with E-state index in [2.05, 4.69) is 5.32 Å². The number of nitrogens with one attached hydrogen (secondary N) is 1. The SMILES string of the molecule is Cc1ccccc1C(=O)Nc1ccc(C(=O)N2CCCC(CC(N)=O)c3cc(Cl)ccc32)cc1. The normalized spacial score (nSPS) is 15.2. The lowest BCUT2D eigenvalue weighted by Gasteiger charge is -2.24. The fourth-order valence-corrected chi connectivity index (χ4v) is 4.59. The summed E-state index contributed by atoms with van der Waals surface area (Å²) in [6, 6.07) is 19.6. The van der Waals surface area contributed by atoms with Crippen LogP contribution >= 0.6 is 11.6 Å². The number of anilines is 2. The van der Waals surface area contributed by atoms with Gasteiger partial charge in [0.15, 0.2) is 0 Å². The Morgan fingerprint density at radius 2 is 1.79 bits per heavy atom. The number of amides is 3. The Hall–Kier alpha value is -3.64. The molecule has 1 unspecified atom stereocenters. The first-order chi connectivity index (χ1) is 16.3. The zero-order valence-electron chi connectivity index (χ0n) is 18.9. The number of primary amides is 1. The van der Waals surface area contributed by atoms with Gasteiger partial charge >= 0.3 is 0 Å². The molecule has 4 rings (SSSR count). The number of rotatable bonds is 5. The summed E-state index contributed by atoms with van der Waals surface area (Å²) in [7, 11) is 0. The molecule has 0 saturated heterocycles. The minimum atomic E-state index is -0.376. The highest BCUT2D eigenvalue weighted by Gasteiger charge is 2.28. The van der Waals surface area contributed by atoms with E-state index >= 15 is 0 Å². The van der Waals surface area contributed by atoms with Crippen molar-refractivity contribution in [2.75, 3.05) is 16.8 Å². The van der Waals surface area contributed by atoms with Gasteiger partial charge in [-0.3, -0.25) is 14.4 Å². The van der Waals surface area contributed by atoms with Crippen molar-refractivity contribution in [3.05, 3.63) is 94.0 Å². The van der Waals surface area contributed by atoms with Crippen molar-refractivity contribution in [2.24, 2.45) is 5.73 Å². The summed E-state index contributed by atoms with van der Waals surface area (Å²) in [6.07, 6.45) is 1.69. The smallest absolute Gasteiger partial charge is 0.258 e. The Labute approximate surface area is 203 Å². The Kier molecular flexibility index (Phi) is 6.98. The molecule has 174 valence electrons. The molecule has 0 bridgehead atoms. The minimum Gasteiger partial charge on any atom is -0.370 e. The van der Waals surface area contributed by atoms with Crippen LogP contribution in [-0.2, 0) is 4.79 Å². The van der Waals surface area contributed by atoms with Crippen LogP contribution in [-0.4, -0.2) is 24.3 Å². The number of benzene rings is 3. The van der Waals surface area contributed by atoms with Crippen molar-refractivity contribution in [1.29, 1.82) is 0 Å². The highest BCUT2D eigenvalue weighted by Crippen LogP contribution is 2.38. The first-order valence-electron chi connectivity index (χ1n) is 11.2. The second kappa shape index (κ2) is 10.1. The number of nitrogens with zero attached hydrogens (tertiary/aromatic N) is 1. The van der Waals surface area contributed by atoms with Crippen LogP contribution in [0.1, 0.15) is 57.0 Å². The van der Waals surface area contributed by atoms with Crippen molar-refractivity contribution >= 4 is 40.7 Å². The molecule has 0 aliphatic carbocycles. The summed E-state index contributed by atoms with van der Waals surface area (Å²) in [6.45, 7) is 2.41. The molecule has 1 aliphatic rings. The third kappa shape index (κ3) is 5.13. The quantitative estimate of drug-likeness (QED) is 0.524. The maximum Gasteiger partial charge on any atom is 0.258 e. The van der Waals surface area contributed by atoms with Crippen LogP contribution < -0.4 is 16.0 Å². The van der Waals surface area contributed by atoms with Crippen molar-refractivity contribution in [2.45, 2.75) is 32.1 Å². The van der Waals surface area contributed by atoms with Crippen molar-refractivity contribution in [3.8, 4) is 0 Å². The standard InChI is InChI=1S/C27H26ClN3O3/c1-17-5-2-3-7-22(17)26(33)30-21-11-8-18(9-12-21)27(34)31-14-4-6-19(15-25(29)32)23-16-20(28)10-13-24(23)31/h2-3,5,7-13,16,19H,4,6,14-15H2,1H3,(H2,29,32)(H,30,33). The fraction of sp³-hybridized carbons (Fsp3) is 0.222. The number of halogens is 1. The van der Waals surface area contributed by atoms with Gasteiger partial charge in [-0.15, -0.1) is 0 Å². The van der Waals surface area contributed by atoms with E-state index in [1.54, 1.807) is 41.3 Å². The number of fused-ring (bicyclic) bond motifs is 1. The zero-order chi connectivity index (χ0) is 24.2. The van der Waals surface area contributed by atoms with Gasteiger partial charge in [0.25, 0.3) is 11.8 Å². The molecular formula is C27H26ClN3O3. The molecule has 0 spiro atoms. The zero-order valence-corrected chi connectivity index (χ0v) is 19.6. The maximum absolute atomic E-state index is 13.4. The second-order valence-electron chi connectivity index (χ2n) is 8.52. The third-order valence-corrected chi connectivity index (χ3v) is 6.36. The summed E-state index contributed by atoms with van der Waals surface area (Å²) in [5.74, 6) is -0.807. The lowest BCUT2D eigenvalue weighted by Crippen LogP contribution is -2.31. The lowest BCUT2D eigenvalue weighted by molar-refractivity contribution is -0.118. The number of carbonyl (C=O) groups excluding carboxylic acids is 3. The average molecular weight is 476 g/mol. The molecular weight excluding hydrogens is 450 g/mol. The van der Waals surface area contributed by atoms with E-state index in [1.165, 1.54) is 0 Å². The molecule has 0 fully saturated rings. The van der Waals surface area contributed by atoms with Crippen LogP contribution in [0.15, 0.2) is 66.7 Å². The molecule has 3 aromatic rings. The van der Waals surface area contributed by atoms with Gasteiger partial charge in [-0.2, -0.15) is 0 Å².